The largest absolute Gasteiger partial charge is 0.496 e. The van der Waals surface area contributed by atoms with Gasteiger partial charge in [0.1, 0.15) is 5.75 Å². The first-order valence-corrected chi connectivity index (χ1v) is 11.3. The van der Waals surface area contributed by atoms with Gasteiger partial charge in [-0.25, -0.2) is 4.79 Å². The number of allylic oxidation sites excluding steroid dienone is 1. The fourth-order valence-electron chi connectivity index (χ4n) is 5.73. The summed E-state index contributed by atoms with van der Waals surface area (Å²) in [7, 11) is 1.76. The standard InChI is InChI=1S/C27H33NO3/c1-5-27(15-18(2)12-19(3)16-27)24-14-23(8-9-25(24)31-4)28-11-10-20-13-21(26(29)30)6-7-22(20)17-28/h6-9,13-14,19H,2,5,10-12,15-17H2,1,3-4H3,(H,29,30). The fraction of sp³-hybridized carbons (Fsp3) is 0.444. The predicted molar refractivity (Wildman–Crippen MR) is 125 cm³/mol. The van der Waals surface area contributed by atoms with Crippen LogP contribution in [-0.2, 0) is 18.4 Å². The SMILES string of the molecule is C=C1CC(C)CC(CC)(c2cc(N3CCc4cc(C(=O)O)ccc4C3)ccc2OC)C1. The summed E-state index contributed by atoms with van der Waals surface area (Å²) in [6.07, 6.45) is 5.21. The normalized spacial score (nSPS) is 23.4. The molecular formula is C27H33NO3. The first kappa shape index (κ1) is 21.5. The number of carboxylic acids is 1. The van der Waals surface area contributed by atoms with E-state index in [9.17, 15) is 9.90 Å². The molecule has 2 aromatic rings. The molecule has 2 atom stereocenters. The number of methoxy groups -OCH3 is 1. The zero-order valence-electron chi connectivity index (χ0n) is 18.9. The van der Waals surface area contributed by atoms with Crippen molar-refractivity contribution < 1.29 is 14.6 Å². The third-order valence-corrected chi connectivity index (χ3v) is 7.23. The van der Waals surface area contributed by atoms with Gasteiger partial charge in [-0.05, 0) is 79.5 Å². The van der Waals surface area contributed by atoms with Gasteiger partial charge in [0, 0.05) is 29.8 Å². The number of carboxylic acid groups (broad SMARTS) is 1. The zero-order chi connectivity index (χ0) is 22.2. The molecule has 31 heavy (non-hydrogen) atoms. The minimum atomic E-state index is -0.863. The predicted octanol–water partition coefficient (Wildman–Crippen LogP) is 5.98. The highest BCUT2D eigenvalue weighted by Crippen LogP contribution is 2.49. The minimum Gasteiger partial charge on any atom is -0.496 e. The highest BCUT2D eigenvalue weighted by atomic mass is 16.5. The van der Waals surface area contributed by atoms with Crippen molar-refractivity contribution in [3.05, 3.63) is 70.8 Å². The molecule has 2 aliphatic rings. The van der Waals surface area contributed by atoms with E-state index in [1.165, 1.54) is 22.4 Å². The van der Waals surface area contributed by atoms with Crippen LogP contribution in [-0.4, -0.2) is 24.7 Å². The Morgan fingerprint density at radius 1 is 1.26 bits per heavy atom. The number of hydrogen-bond donors (Lipinski definition) is 1. The van der Waals surface area contributed by atoms with Gasteiger partial charge >= 0.3 is 5.97 Å². The number of anilines is 1. The maximum absolute atomic E-state index is 11.3. The summed E-state index contributed by atoms with van der Waals surface area (Å²) < 4.78 is 5.83. The second-order valence-electron chi connectivity index (χ2n) is 9.42. The minimum absolute atomic E-state index is 0.0696. The molecule has 164 valence electrons. The lowest BCUT2D eigenvalue weighted by atomic mass is 9.63. The van der Waals surface area contributed by atoms with E-state index in [-0.39, 0.29) is 5.41 Å². The van der Waals surface area contributed by atoms with Crippen molar-refractivity contribution in [2.75, 3.05) is 18.6 Å². The highest BCUT2D eigenvalue weighted by Gasteiger charge is 2.39. The molecule has 4 rings (SSSR count). The number of rotatable bonds is 5. The Bertz CT molecular complexity index is 1010. The molecule has 1 aliphatic heterocycles. The smallest absolute Gasteiger partial charge is 0.335 e. The van der Waals surface area contributed by atoms with Gasteiger partial charge in [0.05, 0.1) is 12.7 Å². The van der Waals surface area contributed by atoms with E-state index in [2.05, 4.69) is 43.5 Å². The summed E-state index contributed by atoms with van der Waals surface area (Å²) in [4.78, 5) is 13.7. The molecular weight excluding hydrogens is 386 g/mol. The summed E-state index contributed by atoms with van der Waals surface area (Å²) in [5.74, 6) is 0.731. The molecule has 1 N–H and O–H groups in total. The van der Waals surface area contributed by atoms with Crippen molar-refractivity contribution >= 4 is 11.7 Å². The number of fused-ring (bicyclic) bond motifs is 1. The number of benzene rings is 2. The number of carbonyl (C=O) groups is 1. The molecule has 1 saturated carbocycles. The molecule has 1 aliphatic carbocycles. The summed E-state index contributed by atoms with van der Waals surface area (Å²) in [5.41, 5.74) is 6.64. The van der Waals surface area contributed by atoms with E-state index in [4.69, 9.17) is 4.74 Å². The van der Waals surface area contributed by atoms with Crippen molar-refractivity contribution in [1.82, 2.24) is 0 Å². The number of hydrogen-bond acceptors (Lipinski definition) is 3. The van der Waals surface area contributed by atoms with Crippen molar-refractivity contribution in [1.29, 1.82) is 0 Å². The van der Waals surface area contributed by atoms with E-state index >= 15 is 0 Å². The maximum Gasteiger partial charge on any atom is 0.335 e. The van der Waals surface area contributed by atoms with Gasteiger partial charge in [-0.15, -0.1) is 0 Å². The average molecular weight is 420 g/mol. The van der Waals surface area contributed by atoms with Crippen LogP contribution in [0.15, 0.2) is 48.6 Å². The number of ether oxygens (including phenoxy) is 1. The third-order valence-electron chi connectivity index (χ3n) is 7.23. The lowest BCUT2D eigenvalue weighted by Crippen LogP contribution is -2.34. The maximum atomic E-state index is 11.3. The van der Waals surface area contributed by atoms with E-state index in [0.29, 0.717) is 11.5 Å². The van der Waals surface area contributed by atoms with Crippen LogP contribution in [0.3, 0.4) is 0 Å². The van der Waals surface area contributed by atoms with E-state index in [1.807, 2.05) is 12.1 Å². The fourth-order valence-corrected chi connectivity index (χ4v) is 5.73. The lowest BCUT2D eigenvalue weighted by Gasteiger charge is -2.42. The van der Waals surface area contributed by atoms with Crippen LogP contribution in [0.1, 0.15) is 66.6 Å². The van der Waals surface area contributed by atoms with Gasteiger partial charge in [-0.2, -0.15) is 0 Å². The van der Waals surface area contributed by atoms with Crippen molar-refractivity contribution in [3.8, 4) is 5.75 Å². The molecule has 0 amide bonds. The molecule has 4 heteroatoms. The van der Waals surface area contributed by atoms with Crippen LogP contribution in [0.4, 0.5) is 5.69 Å². The highest BCUT2D eigenvalue weighted by molar-refractivity contribution is 5.88. The van der Waals surface area contributed by atoms with Crippen molar-refractivity contribution in [2.45, 2.75) is 57.9 Å². The molecule has 0 bridgehead atoms. The van der Waals surface area contributed by atoms with E-state index < -0.39 is 5.97 Å². The van der Waals surface area contributed by atoms with Crippen LogP contribution >= 0.6 is 0 Å². The summed E-state index contributed by atoms with van der Waals surface area (Å²) in [5, 5.41) is 9.28. The molecule has 4 nitrogen and oxygen atoms in total. The second kappa shape index (κ2) is 8.41. The Labute approximate surface area is 185 Å². The Morgan fingerprint density at radius 2 is 2.06 bits per heavy atom. The average Bonchev–Trinajstić information content (AvgIpc) is 2.77. The van der Waals surface area contributed by atoms with Crippen LogP contribution in [0.5, 0.6) is 5.75 Å². The summed E-state index contributed by atoms with van der Waals surface area (Å²) in [6.45, 7) is 10.6. The Morgan fingerprint density at radius 3 is 2.74 bits per heavy atom. The van der Waals surface area contributed by atoms with Crippen LogP contribution in [0, 0.1) is 5.92 Å². The Hall–Kier alpha value is -2.75. The van der Waals surface area contributed by atoms with E-state index in [1.54, 1.807) is 13.2 Å². The van der Waals surface area contributed by atoms with Crippen LogP contribution in [0.25, 0.3) is 0 Å². The third kappa shape index (κ3) is 4.08. The first-order chi connectivity index (χ1) is 14.8. The molecule has 2 unspecified atom stereocenters. The van der Waals surface area contributed by atoms with E-state index in [0.717, 1.165) is 56.5 Å². The van der Waals surface area contributed by atoms with Crippen LogP contribution < -0.4 is 9.64 Å². The number of nitrogens with zero attached hydrogens (tertiary/aromatic N) is 1. The summed E-state index contributed by atoms with van der Waals surface area (Å²) in [6, 6.07) is 12.1. The number of aromatic carboxylic acids is 1. The Balaban J connectivity index is 1.68. The Kier molecular flexibility index (Phi) is 5.83. The van der Waals surface area contributed by atoms with Gasteiger partial charge in [0.2, 0.25) is 0 Å². The van der Waals surface area contributed by atoms with Crippen molar-refractivity contribution in [3.63, 3.8) is 0 Å². The second-order valence-corrected chi connectivity index (χ2v) is 9.42. The van der Waals surface area contributed by atoms with Crippen molar-refractivity contribution in [2.24, 2.45) is 5.92 Å². The monoisotopic (exact) mass is 419 g/mol. The topological polar surface area (TPSA) is 49.8 Å². The first-order valence-electron chi connectivity index (χ1n) is 11.3. The van der Waals surface area contributed by atoms with Gasteiger partial charge < -0.3 is 14.7 Å². The molecule has 0 spiro atoms. The lowest BCUT2D eigenvalue weighted by molar-refractivity contribution is 0.0696. The van der Waals surface area contributed by atoms with Crippen LogP contribution in [0.2, 0.25) is 0 Å². The molecule has 0 radical (unpaired) electrons. The quantitative estimate of drug-likeness (QED) is 0.606. The molecule has 0 aromatic heterocycles. The zero-order valence-corrected chi connectivity index (χ0v) is 18.9. The van der Waals surface area contributed by atoms with Gasteiger partial charge in [0.15, 0.2) is 0 Å². The van der Waals surface area contributed by atoms with Gasteiger partial charge in [-0.3, -0.25) is 0 Å². The van der Waals surface area contributed by atoms with Gasteiger partial charge in [-0.1, -0.05) is 32.1 Å². The molecule has 1 heterocycles. The summed E-state index contributed by atoms with van der Waals surface area (Å²) >= 11 is 0. The molecule has 1 fully saturated rings. The van der Waals surface area contributed by atoms with Gasteiger partial charge in [0.25, 0.3) is 0 Å². The molecule has 2 aromatic carbocycles. The molecule has 0 saturated heterocycles.